The summed E-state index contributed by atoms with van der Waals surface area (Å²) >= 11 is 0. The number of aliphatic hydroxyl groups is 1. The highest BCUT2D eigenvalue weighted by Gasteiger charge is 2.30. The molecule has 0 fully saturated rings. The third-order valence-electron chi connectivity index (χ3n) is 17.7. The Morgan fingerprint density at radius 3 is 0.755 bits per heavy atom. The summed E-state index contributed by atoms with van der Waals surface area (Å²) in [5, 5.41) is 10.6. The van der Waals surface area contributed by atoms with E-state index in [0.29, 0.717) is 37.5 Å². The molecule has 0 aliphatic carbocycles. The first-order valence-electron chi connectivity index (χ1n) is 38.7. The minimum Gasteiger partial charge on any atom is -0.462 e. The van der Waals surface area contributed by atoms with Crippen molar-refractivity contribution in [2.24, 2.45) is 23.7 Å². The first-order valence-corrected chi connectivity index (χ1v) is 41.7. The van der Waals surface area contributed by atoms with Crippen molar-refractivity contribution in [3.63, 3.8) is 0 Å². The monoisotopic (exact) mass is 1380 g/mol. The lowest BCUT2D eigenvalue weighted by atomic mass is 9.99. The Labute approximate surface area is 575 Å². The predicted octanol–water partition coefficient (Wildman–Crippen LogP) is 21.7. The number of carbonyl (C=O) groups excluding carboxylic acids is 4. The summed E-state index contributed by atoms with van der Waals surface area (Å²) in [4.78, 5) is 72.6. The molecule has 0 saturated heterocycles. The highest BCUT2D eigenvalue weighted by Crippen LogP contribution is 2.45. The van der Waals surface area contributed by atoms with Gasteiger partial charge in [-0.2, -0.15) is 0 Å². The molecule has 0 rings (SSSR count). The number of unbranched alkanes of at least 4 members (excludes halogenated alkanes) is 37. The van der Waals surface area contributed by atoms with Crippen LogP contribution in [-0.4, -0.2) is 96.7 Å². The molecular formula is C75H146O17P2. The molecule has 0 amide bonds. The number of carbonyl (C=O) groups is 4. The second-order valence-electron chi connectivity index (χ2n) is 28.7. The van der Waals surface area contributed by atoms with E-state index in [1.165, 1.54) is 173 Å². The van der Waals surface area contributed by atoms with Gasteiger partial charge in [0.15, 0.2) is 12.2 Å². The average molecular weight is 1380 g/mol. The van der Waals surface area contributed by atoms with Crippen LogP contribution in [0.25, 0.3) is 0 Å². The zero-order chi connectivity index (χ0) is 69.6. The molecule has 0 aliphatic heterocycles. The molecule has 0 aromatic rings. The second kappa shape index (κ2) is 64.4. The molecule has 0 saturated carbocycles. The number of ether oxygens (including phenoxy) is 4. The largest absolute Gasteiger partial charge is 0.472 e. The van der Waals surface area contributed by atoms with E-state index in [9.17, 15) is 43.2 Å². The highest BCUT2D eigenvalue weighted by atomic mass is 31.2. The molecule has 0 bridgehead atoms. The van der Waals surface area contributed by atoms with E-state index < -0.39 is 97.5 Å². The SMILES string of the molecule is CCC(C)CCCCCCCCCCCCC(=O)OC[C@H](COP(=O)(O)OC[C@@H](O)COP(=O)(O)OC[C@@H](COC(=O)CCCCCCCCC(C)C)OC(=O)CCCCCCCCCC(C)C)OC(=O)CCCCCCCCCCCCCCCCCCCCC(C)C. The van der Waals surface area contributed by atoms with Crippen LogP contribution in [0, 0.1) is 23.7 Å². The lowest BCUT2D eigenvalue weighted by molar-refractivity contribution is -0.161. The van der Waals surface area contributed by atoms with E-state index in [1.54, 1.807) is 0 Å². The van der Waals surface area contributed by atoms with Crippen molar-refractivity contribution in [1.82, 2.24) is 0 Å². The van der Waals surface area contributed by atoms with Crippen LogP contribution < -0.4 is 0 Å². The van der Waals surface area contributed by atoms with Crippen LogP contribution in [0.15, 0.2) is 0 Å². The number of phosphoric ester groups is 2. The van der Waals surface area contributed by atoms with Crippen LogP contribution in [0.2, 0.25) is 0 Å². The van der Waals surface area contributed by atoms with Crippen molar-refractivity contribution in [3.8, 4) is 0 Å². The maximum atomic E-state index is 13.1. The van der Waals surface area contributed by atoms with E-state index in [0.717, 1.165) is 108 Å². The number of hydrogen-bond acceptors (Lipinski definition) is 15. The normalized spacial score (nSPS) is 14.4. The van der Waals surface area contributed by atoms with Gasteiger partial charge in [-0.25, -0.2) is 9.13 Å². The van der Waals surface area contributed by atoms with E-state index in [4.69, 9.17) is 37.0 Å². The van der Waals surface area contributed by atoms with Gasteiger partial charge in [0, 0.05) is 25.7 Å². The first kappa shape index (κ1) is 92.1. The highest BCUT2D eigenvalue weighted by molar-refractivity contribution is 7.47. The van der Waals surface area contributed by atoms with Gasteiger partial charge in [-0.3, -0.25) is 37.3 Å². The topological polar surface area (TPSA) is 237 Å². The summed E-state index contributed by atoms with van der Waals surface area (Å²) in [6.45, 7) is 14.1. The zero-order valence-electron chi connectivity index (χ0n) is 61.6. The van der Waals surface area contributed by atoms with Crippen molar-refractivity contribution in [2.75, 3.05) is 39.6 Å². The van der Waals surface area contributed by atoms with Crippen LogP contribution in [0.1, 0.15) is 376 Å². The average Bonchev–Trinajstić information content (AvgIpc) is 1.21. The molecule has 94 heavy (non-hydrogen) atoms. The molecule has 0 spiro atoms. The first-order chi connectivity index (χ1) is 45.1. The molecule has 19 heteroatoms. The fourth-order valence-corrected chi connectivity index (χ4v) is 12.9. The molecule has 3 unspecified atom stereocenters. The minimum absolute atomic E-state index is 0.102. The van der Waals surface area contributed by atoms with Crippen molar-refractivity contribution >= 4 is 39.5 Å². The third-order valence-corrected chi connectivity index (χ3v) is 19.6. The molecule has 0 radical (unpaired) electrons. The van der Waals surface area contributed by atoms with Crippen molar-refractivity contribution in [1.29, 1.82) is 0 Å². The van der Waals surface area contributed by atoms with Gasteiger partial charge in [0.05, 0.1) is 26.4 Å². The molecule has 6 atom stereocenters. The molecule has 3 N–H and O–H groups in total. The lowest BCUT2D eigenvalue weighted by Gasteiger charge is -2.21. The fraction of sp³-hybridized carbons (Fsp3) is 0.947. The Balaban J connectivity index is 5.19. The number of aliphatic hydroxyl groups excluding tert-OH is 1. The van der Waals surface area contributed by atoms with E-state index in [1.807, 2.05) is 0 Å². The van der Waals surface area contributed by atoms with E-state index >= 15 is 0 Å². The summed E-state index contributed by atoms with van der Waals surface area (Å²) in [6.07, 6.45) is 48.9. The Morgan fingerprint density at radius 2 is 0.511 bits per heavy atom. The third kappa shape index (κ3) is 67.3. The summed E-state index contributed by atoms with van der Waals surface area (Å²) in [6, 6.07) is 0. The maximum absolute atomic E-state index is 13.1. The standard InChI is InChI=1S/C75H146O17P2/c1-9-68(8)54-46-38-29-23-20-21-24-30-39-47-55-72(77)85-61-70(91-74(79)57-49-41-31-25-19-17-15-13-11-10-12-14-16-18-22-27-35-43-51-65(2)3)63-89-93(81,82)87-59-69(76)60-88-94(83,84)90-64-71(62-86-73(78)56-48-40-34-33-37-45-53-67(6)7)92-75(80)58-50-42-32-26-28-36-44-52-66(4)5/h65-71,76H,9-64H2,1-8H3,(H,81,82)(H,83,84)/t68?,69-,70-,71-/m1/s1. The Kier molecular flexibility index (Phi) is 63.1. The zero-order valence-corrected chi connectivity index (χ0v) is 63.4. The van der Waals surface area contributed by atoms with Gasteiger partial charge < -0.3 is 33.8 Å². The van der Waals surface area contributed by atoms with Crippen molar-refractivity contribution in [3.05, 3.63) is 0 Å². The van der Waals surface area contributed by atoms with E-state index in [2.05, 4.69) is 55.4 Å². The minimum atomic E-state index is -4.96. The summed E-state index contributed by atoms with van der Waals surface area (Å²) in [7, 11) is -9.91. The number of hydrogen-bond donors (Lipinski definition) is 3. The fourth-order valence-electron chi connectivity index (χ4n) is 11.3. The van der Waals surface area contributed by atoms with Gasteiger partial charge in [-0.05, 0) is 49.4 Å². The Hall–Kier alpha value is -1.94. The molecule has 558 valence electrons. The van der Waals surface area contributed by atoms with Crippen molar-refractivity contribution in [2.45, 2.75) is 395 Å². The molecule has 0 aromatic carbocycles. The molecule has 0 heterocycles. The second-order valence-corrected chi connectivity index (χ2v) is 31.6. The van der Waals surface area contributed by atoms with Gasteiger partial charge >= 0.3 is 39.5 Å². The van der Waals surface area contributed by atoms with Gasteiger partial charge in [-0.15, -0.1) is 0 Å². The van der Waals surface area contributed by atoms with E-state index in [-0.39, 0.29) is 25.7 Å². The van der Waals surface area contributed by atoms with Gasteiger partial charge in [0.25, 0.3) is 0 Å². The van der Waals surface area contributed by atoms with Crippen molar-refractivity contribution < 1.29 is 80.2 Å². The molecule has 17 nitrogen and oxygen atoms in total. The summed E-state index contributed by atoms with van der Waals surface area (Å²) in [5.41, 5.74) is 0. The van der Waals surface area contributed by atoms with Gasteiger partial charge in [-0.1, -0.05) is 325 Å². The Morgan fingerprint density at radius 1 is 0.298 bits per heavy atom. The smallest absolute Gasteiger partial charge is 0.462 e. The summed E-state index contributed by atoms with van der Waals surface area (Å²) < 4.78 is 68.4. The van der Waals surface area contributed by atoms with Gasteiger partial charge in [0.1, 0.15) is 19.3 Å². The maximum Gasteiger partial charge on any atom is 0.472 e. The number of phosphoric acid groups is 2. The van der Waals surface area contributed by atoms with Crippen LogP contribution in [0.5, 0.6) is 0 Å². The van der Waals surface area contributed by atoms with Crippen LogP contribution in [0.4, 0.5) is 0 Å². The lowest BCUT2D eigenvalue weighted by Crippen LogP contribution is -2.30. The Bertz CT molecular complexity index is 1850. The van der Waals surface area contributed by atoms with Crippen LogP contribution >= 0.6 is 15.6 Å². The predicted molar refractivity (Wildman–Crippen MR) is 381 cm³/mol. The number of rotatable bonds is 72. The molecule has 0 aliphatic rings. The van der Waals surface area contributed by atoms with Gasteiger partial charge in [0.2, 0.25) is 0 Å². The van der Waals surface area contributed by atoms with Crippen LogP contribution in [0.3, 0.4) is 0 Å². The number of esters is 4. The quantitative estimate of drug-likeness (QED) is 0.0222. The molecule has 0 aromatic heterocycles. The van der Waals surface area contributed by atoms with Crippen LogP contribution in [-0.2, 0) is 65.4 Å². The summed E-state index contributed by atoms with van der Waals surface area (Å²) in [5.74, 6) is 0.878. The molecular weight excluding hydrogens is 1230 g/mol.